The number of hydrogen-bond acceptors (Lipinski definition) is 7. The summed E-state index contributed by atoms with van der Waals surface area (Å²) in [5.74, 6) is -2.17. The molecule has 0 unspecified atom stereocenters. The topological polar surface area (TPSA) is 123 Å². The lowest BCUT2D eigenvalue weighted by Crippen LogP contribution is -2.48. The van der Waals surface area contributed by atoms with Crippen LogP contribution in [0.3, 0.4) is 0 Å². The molecule has 0 radical (unpaired) electrons. The second kappa shape index (κ2) is 11.0. The fraction of sp³-hybridized carbons (Fsp3) is 0.423. The van der Waals surface area contributed by atoms with Crippen LogP contribution >= 0.6 is 0 Å². The quantitative estimate of drug-likeness (QED) is 0.519. The van der Waals surface area contributed by atoms with Gasteiger partial charge in [0.25, 0.3) is 11.8 Å². The van der Waals surface area contributed by atoms with Crippen molar-refractivity contribution in [2.24, 2.45) is 0 Å². The average Bonchev–Trinajstić information content (AvgIpc) is 3.34. The third kappa shape index (κ3) is 5.50. The molecular formula is C26H29FN2O7. The molecule has 0 saturated carbocycles. The van der Waals surface area contributed by atoms with Gasteiger partial charge in [0.05, 0.1) is 37.0 Å². The van der Waals surface area contributed by atoms with Crippen LogP contribution in [0.15, 0.2) is 24.3 Å². The Labute approximate surface area is 207 Å². The Balaban J connectivity index is 1.61. The summed E-state index contributed by atoms with van der Waals surface area (Å²) in [4.78, 5) is 40.6. The summed E-state index contributed by atoms with van der Waals surface area (Å²) < 4.78 is 25.6. The van der Waals surface area contributed by atoms with E-state index < -0.39 is 29.8 Å². The number of methoxy groups -OCH3 is 1. The first-order chi connectivity index (χ1) is 17.3. The van der Waals surface area contributed by atoms with Gasteiger partial charge >= 0.3 is 5.97 Å². The number of halogens is 1. The van der Waals surface area contributed by atoms with Crippen LogP contribution in [0.25, 0.3) is 0 Å². The van der Waals surface area contributed by atoms with Crippen LogP contribution in [0.4, 0.5) is 4.39 Å². The minimum absolute atomic E-state index is 0.165. The van der Waals surface area contributed by atoms with Crippen LogP contribution in [0.5, 0.6) is 5.75 Å². The number of carbonyl (C=O) groups excluding carboxylic acids is 3. The number of benzene rings is 2. The highest BCUT2D eigenvalue weighted by atomic mass is 19.1. The summed E-state index contributed by atoms with van der Waals surface area (Å²) >= 11 is 0. The molecule has 2 amide bonds. The van der Waals surface area contributed by atoms with E-state index in [1.807, 2.05) is 5.48 Å². The maximum atomic E-state index is 14.7. The normalized spacial score (nSPS) is 18.8. The van der Waals surface area contributed by atoms with Crippen molar-refractivity contribution in [3.8, 4) is 5.75 Å². The SMILES string of the molecule is COc1c(C(=O)N[C@H]2CCOC[C@@H]2O)cc(Cc2ccc(C(=O)NOC(C)=O)c(F)c2)c2c1CCC2. The van der Waals surface area contributed by atoms with E-state index >= 15 is 0 Å². The molecule has 2 aromatic rings. The lowest BCUT2D eigenvalue weighted by molar-refractivity contribution is -0.146. The van der Waals surface area contributed by atoms with Gasteiger partial charge in [-0.05, 0) is 72.6 Å². The third-order valence-corrected chi connectivity index (χ3v) is 6.49. The van der Waals surface area contributed by atoms with Gasteiger partial charge in [0.15, 0.2) is 0 Å². The lowest BCUT2D eigenvalue weighted by atomic mass is 9.92. The Morgan fingerprint density at radius 2 is 1.92 bits per heavy atom. The molecule has 4 rings (SSSR count). The number of rotatable bonds is 6. The molecular weight excluding hydrogens is 471 g/mol. The van der Waals surface area contributed by atoms with Crippen LogP contribution in [0.2, 0.25) is 0 Å². The highest BCUT2D eigenvalue weighted by Crippen LogP contribution is 2.37. The molecule has 1 saturated heterocycles. The molecule has 2 aliphatic rings. The van der Waals surface area contributed by atoms with Crippen molar-refractivity contribution in [1.29, 1.82) is 0 Å². The average molecular weight is 501 g/mol. The minimum atomic E-state index is -0.867. The third-order valence-electron chi connectivity index (χ3n) is 6.49. The first kappa shape index (κ1) is 25.6. The molecule has 36 heavy (non-hydrogen) atoms. The smallest absolute Gasteiger partial charge is 0.329 e. The fourth-order valence-corrected chi connectivity index (χ4v) is 4.78. The number of hydrogen-bond donors (Lipinski definition) is 3. The molecule has 3 N–H and O–H groups in total. The summed E-state index contributed by atoms with van der Waals surface area (Å²) in [5.41, 5.74) is 5.53. The molecule has 1 aliphatic carbocycles. The molecule has 9 nitrogen and oxygen atoms in total. The molecule has 2 aromatic carbocycles. The molecule has 2 atom stereocenters. The molecule has 0 bridgehead atoms. The molecule has 1 fully saturated rings. The van der Waals surface area contributed by atoms with Crippen LogP contribution < -0.4 is 15.5 Å². The van der Waals surface area contributed by atoms with Crippen molar-refractivity contribution >= 4 is 17.8 Å². The van der Waals surface area contributed by atoms with Crippen LogP contribution in [-0.2, 0) is 33.6 Å². The van der Waals surface area contributed by atoms with E-state index in [-0.39, 0.29) is 18.1 Å². The van der Waals surface area contributed by atoms with Crippen LogP contribution in [0, 0.1) is 5.82 Å². The van der Waals surface area contributed by atoms with Crippen LogP contribution in [-0.4, -0.2) is 55.4 Å². The number of aliphatic hydroxyl groups excluding tert-OH is 1. The van der Waals surface area contributed by atoms with Gasteiger partial charge in [-0.15, -0.1) is 0 Å². The zero-order chi connectivity index (χ0) is 25.8. The van der Waals surface area contributed by atoms with E-state index in [2.05, 4.69) is 10.2 Å². The second-order valence-electron chi connectivity index (χ2n) is 8.95. The largest absolute Gasteiger partial charge is 0.496 e. The van der Waals surface area contributed by atoms with Crippen molar-refractivity contribution in [2.45, 2.75) is 51.2 Å². The van der Waals surface area contributed by atoms with Gasteiger partial charge in [-0.1, -0.05) is 6.07 Å². The van der Waals surface area contributed by atoms with Gasteiger partial charge in [0, 0.05) is 13.5 Å². The van der Waals surface area contributed by atoms with Gasteiger partial charge in [-0.25, -0.2) is 4.39 Å². The van der Waals surface area contributed by atoms with Crippen LogP contribution in [0.1, 0.15) is 62.7 Å². The minimum Gasteiger partial charge on any atom is -0.496 e. The predicted octanol–water partition coefficient (Wildman–Crippen LogP) is 2.00. The summed E-state index contributed by atoms with van der Waals surface area (Å²) in [6, 6.07) is 5.55. The van der Waals surface area contributed by atoms with E-state index in [4.69, 9.17) is 9.47 Å². The van der Waals surface area contributed by atoms with E-state index in [1.54, 1.807) is 12.1 Å². The Bertz CT molecular complexity index is 1180. The maximum Gasteiger partial charge on any atom is 0.329 e. The Hall–Kier alpha value is -3.50. The summed E-state index contributed by atoms with van der Waals surface area (Å²) in [7, 11) is 1.53. The van der Waals surface area contributed by atoms with Crippen molar-refractivity contribution < 1.29 is 38.2 Å². The molecule has 192 valence electrons. The number of fused-ring (bicyclic) bond motifs is 1. The Morgan fingerprint density at radius 3 is 2.61 bits per heavy atom. The zero-order valence-electron chi connectivity index (χ0n) is 20.2. The number of ether oxygens (including phenoxy) is 2. The van der Waals surface area contributed by atoms with Crippen molar-refractivity contribution in [2.75, 3.05) is 20.3 Å². The summed E-state index contributed by atoms with van der Waals surface area (Å²) in [5, 5.41) is 13.1. The zero-order valence-corrected chi connectivity index (χ0v) is 20.2. The lowest BCUT2D eigenvalue weighted by Gasteiger charge is -2.29. The number of nitrogens with one attached hydrogen (secondary N) is 2. The highest BCUT2D eigenvalue weighted by Gasteiger charge is 2.30. The van der Waals surface area contributed by atoms with E-state index in [9.17, 15) is 23.9 Å². The second-order valence-corrected chi connectivity index (χ2v) is 8.95. The number of carbonyl (C=O) groups is 3. The van der Waals surface area contributed by atoms with Gasteiger partial charge in [0.2, 0.25) is 0 Å². The maximum absolute atomic E-state index is 14.7. The van der Waals surface area contributed by atoms with E-state index in [1.165, 1.54) is 19.2 Å². The van der Waals surface area contributed by atoms with Crippen molar-refractivity contribution in [1.82, 2.24) is 10.8 Å². The van der Waals surface area contributed by atoms with Crippen molar-refractivity contribution in [3.63, 3.8) is 0 Å². The number of aliphatic hydroxyl groups is 1. The van der Waals surface area contributed by atoms with Crippen molar-refractivity contribution in [3.05, 3.63) is 63.5 Å². The molecule has 10 heteroatoms. The monoisotopic (exact) mass is 500 g/mol. The first-order valence-corrected chi connectivity index (χ1v) is 11.8. The first-order valence-electron chi connectivity index (χ1n) is 11.8. The highest BCUT2D eigenvalue weighted by molar-refractivity contribution is 5.98. The van der Waals surface area contributed by atoms with E-state index in [0.717, 1.165) is 42.9 Å². The number of hydroxylamine groups is 1. The summed E-state index contributed by atoms with van der Waals surface area (Å²) in [6.45, 7) is 1.74. The summed E-state index contributed by atoms with van der Waals surface area (Å²) in [6.07, 6.45) is 2.54. The molecule has 1 aliphatic heterocycles. The van der Waals surface area contributed by atoms with E-state index in [0.29, 0.717) is 36.3 Å². The van der Waals surface area contributed by atoms with Gasteiger partial charge in [-0.2, -0.15) is 5.48 Å². The fourth-order valence-electron chi connectivity index (χ4n) is 4.78. The molecule has 1 heterocycles. The molecule has 0 spiro atoms. The Kier molecular flexibility index (Phi) is 7.85. The standard InChI is InChI=1S/C26H29FN2O7/c1-14(30)36-29-26(33)19-7-6-15(11-21(19)27)10-16-12-20(24(34-2)18-5-3-4-17(16)18)25(32)28-22-8-9-35-13-23(22)31/h6-7,11-12,22-23,31H,3-5,8-10,13H2,1-2H3,(H,28,32)(H,29,33)/t22-,23-/m0/s1. The Morgan fingerprint density at radius 1 is 1.14 bits per heavy atom. The number of amides is 2. The van der Waals surface area contributed by atoms with Gasteiger partial charge in [0.1, 0.15) is 11.6 Å². The van der Waals surface area contributed by atoms with Gasteiger partial charge in [-0.3, -0.25) is 14.4 Å². The van der Waals surface area contributed by atoms with Gasteiger partial charge < -0.3 is 24.7 Å². The predicted molar refractivity (Wildman–Crippen MR) is 126 cm³/mol. The molecule has 0 aromatic heterocycles.